The molecule has 0 N–H and O–H groups in total. The van der Waals surface area contributed by atoms with Gasteiger partial charge >= 0.3 is 5.69 Å². The first-order valence-corrected chi connectivity index (χ1v) is 4.15. The van der Waals surface area contributed by atoms with Gasteiger partial charge in [0.1, 0.15) is 0 Å². The van der Waals surface area contributed by atoms with Crippen molar-refractivity contribution in [2.75, 3.05) is 6.61 Å². The molecule has 0 atom stereocenters. The van der Waals surface area contributed by atoms with Crippen molar-refractivity contribution < 1.29 is 9.66 Å². The molecule has 0 radical (unpaired) electrons. The van der Waals surface area contributed by atoms with Gasteiger partial charge in [-0.2, -0.15) is 0 Å². The minimum absolute atomic E-state index is 0.166. The van der Waals surface area contributed by atoms with Crippen molar-refractivity contribution in [3.63, 3.8) is 0 Å². The van der Waals surface area contributed by atoms with E-state index in [9.17, 15) is 10.1 Å². The zero-order valence-electron chi connectivity index (χ0n) is 7.95. The number of hydrogen-bond donors (Lipinski definition) is 0. The number of hydrogen-bond acceptors (Lipinski definition) is 4. The smallest absolute Gasteiger partial charge is 0.311 e. The summed E-state index contributed by atoms with van der Waals surface area (Å²) in [5.41, 5.74) is 8.16. The Bertz CT molecular complexity index is 426. The molecule has 0 saturated heterocycles. The molecule has 78 valence electrons. The van der Waals surface area contributed by atoms with Crippen LogP contribution in [-0.4, -0.2) is 11.5 Å². The molecule has 0 spiro atoms. The Morgan fingerprint density at radius 2 is 2.40 bits per heavy atom. The lowest BCUT2D eigenvalue weighted by Gasteiger charge is -2.03. The maximum absolute atomic E-state index is 10.6. The van der Waals surface area contributed by atoms with E-state index in [1.54, 1.807) is 6.92 Å². The van der Waals surface area contributed by atoms with Crippen molar-refractivity contribution in [1.29, 1.82) is 0 Å². The van der Waals surface area contributed by atoms with E-state index in [1.807, 2.05) is 0 Å². The monoisotopic (exact) mass is 208 g/mol. The number of benzene rings is 1. The Kier molecular flexibility index (Phi) is 3.48. The Morgan fingerprint density at radius 1 is 1.67 bits per heavy atom. The third kappa shape index (κ3) is 2.58. The predicted octanol–water partition coefficient (Wildman–Crippen LogP) is 2.94. The number of rotatable bonds is 4. The number of azide groups is 1. The van der Waals surface area contributed by atoms with Gasteiger partial charge in [-0.15, -0.1) is 0 Å². The second-order valence-electron chi connectivity index (χ2n) is 2.53. The molecule has 0 saturated carbocycles. The molecule has 0 fully saturated rings. The third-order valence-electron chi connectivity index (χ3n) is 1.60. The fraction of sp³-hybridized carbons (Fsp3) is 0.250. The number of nitro benzene ring substituents is 1. The highest BCUT2D eigenvalue weighted by atomic mass is 16.6. The molecule has 1 aromatic carbocycles. The lowest BCUT2D eigenvalue weighted by molar-refractivity contribution is -0.385. The van der Waals surface area contributed by atoms with Crippen molar-refractivity contribution in [1.82, 2.24) is 0 Å². The van der Waals surface area contributed by atoms with E-state index in [1.165, 1.54) is 18.2 Å². The van der Waals surface area contributed by atoms with Crippen LogP contribution in [-0.2, 0) is 0 Å². The summed E-state index contributed by atoms with van der Waals surface area (Å²) >= 11 is 0. The maximum atomic E-state index is 10.6. The highest BCUT2D eigenvalue weighted by Gasteiger charge is 2.14. The first-order chi connectivity index (χ1) is 7.19. The summed E-state index contributed by atoms with van der Waals surface area (Å²) in [5, 5.41) is 13.9. The average molecular weight is 208 g/mol. The molecule has 1 aromatic rings. The second-order valence-corrected chi connectivity index (χ2v) is 2.53. The van der Waals surface area contributed by atoms with Crippen LogP contribution in [0.3, 0.4) is 0 Å². The van der Waals surface area contributed by atoms with Gasteiger partial charge in [0.15, 0.2) is 5.75 Å². The Hall–Kier alpha value is -2.27. The van der Waals surface area contributed by atoms with Gasteiger partial charge in [-0.1, -0.05) is 5.11 Å². The maximum Gasteiger partial charge on any atom is 0.311 e. The molecule has 0 amide bonds. The summed E-state index contributed by atoms with van der Waals surface area (Å²) in [4.78, 5) is 12.6. The molecule has 0 heterocycles. The van der Waals surface area contributed by atoms with E-state index in [4.69, 9.17) is 10.3 Å². The summed E-state index contributed by atoms with van der Waals surface area (Å²) < 4.78 is 5.05. The lowest BCUT2D eigenvalue weighted by Crippen LogP contribution is -1.96. The van der Waals surface area contributed by atoms with E-state index in [2.05, 4.69) is 10.0 Å². The highest BCUT2D eigenvalue weighted by molar-refractivity contribution is 5.55. The largest absolute Gasteiger partial charge is 0.487 e. The van der Waals surface area contributed by atoms with Crippen LogP contribution in [0.5, 0.6) is 5.75 Å². The summed E-state index contributed by atoms with van der Waals surface area (Å²) in [6, 6.07) is 4.04. The molecule has 15 heavy (non-hydrogen) atoms. The molecule has 0 aliphatic heterocycles. The van der Waals surface area contributed by atoms with Crippen LogP contribution >= 0.6 is 0 Å². The van der Waals surface area contributed by atoms with E-state index < -0.39 is 4.92 Å². The minimum atomic E-state index is -0.582. The quantitative estimate of drug-likeness (QED) is 0.250. The summed E-state index contributed by atoms with van der Waals surface area (Å²) in [6.07, 6.45) is 0. The van der Waals surface area contributed by atoms with Gasteiger partial charge < -0.3 is 4.74 Å². The molecular formula is C8H8N4O3. The van der Waals surface area contributed by atoms with Gasteiger partial charge in [-0.05, 0) is 24.6 Å². The highest BCUT2D eigenvalue weighted by Crippen LogP contribution is 2.31. The van der Waals surface area contributed by atoms with E-state index in [0.29, 0.717) is 6.61 Å². The Labute approximate surface area is 85.1 Å². The molecule has 0 unspecified atom stereocenters. The summed E-state index contributed by atoms with van der Waals surface area (Å²) in [7, 11) is 0. The standard InChI is InChI=1S/C8H8N4O3/c1-2-15-8-4-3-6(10-11-9)5-7(8)12(13)14/h3-5H,2H2,1H3. The van der Waals surface area contributed by atoms with Crippen LogP contribution in [0, 0.1) is 10.1 Å². The Balaban J connectivity index is 3.19. The molecule has 0 aromatic heterocycles. The first-order valence-electron chi connectivity index (χ1n) is 4.15. The zero-order valence-corrected chi connectivity index (χ0v) is 7.95. The normalized spacial score (nSPS) is 9.13. The Morgan fingerprint density at radius 3 is 2.93 bits per heavy atom. The number of nitro groups is 1. The molecule has 7 heteroatoms. The average Bonchev–Trinajstić information content (AvgIpc) is 2.21. The number of ether oxygens (including phenoxy) is 1. The van der Waals surface area contributed by atoms with E-state index >= 15 is 0 Å². The van der Waals surface area contributed by atoms with Crippen molar-refractivity contribution in [2.24, 2.45) is 5.11 Å². The molecule has 0 aliphatic carbocycles. The van der Waals surface area contributed by atoms with Gasteiger partial charge in [0.05, 0.1) is 11.5 Å². The van der Waals surface area contributed by atoms with Crippen molar-refractivity contribution in [3.8, 4) is 5.75 Å². The van der Waals surface area contributed by atoms with Crippen molar-refractivity contribution >= 4 is 11.4 Å². The van der Waals surface area contributed by atoms with Crippen LogP contribution in [0.2, 0.25) is 0 Å². The SMILES string of the molecule is CCOc1ccc(N=[N+]=[N-])cc1[N+](=O)[O-]. The van der Waals surface area contributed by atoms with E-state index in [-0.39, 0.29) is 17.1 Å². The topological polar surface area (TPSA) is 101 Å². The van der Waals surface area contributed by atoms with Crippen LogP contribution in [0.15, 0.2) is 23.3 Å². The van der Waals surface area contributed by atoms with Crippen molar-refractivity contribution in [2.45, 2.75) is 6.92 Å². The molecule has 7 nitrogen and oxygen atoms in total. The first kappa shape index (κ1) is 10.8. The fourth-order valence-electron chi connectivity index (χ4n) is 1.04. The predicted molar refractivity (Wildman–Crippen MR) is 53.1 cm³/mol. The van der Waals surface area contributed by atoms with Crippen LogP contribution in [0.4, 0.5) is 11.4 Å². The summed E-state index contributed by atoms with van der Waals surface area (Å²) in [5.74, 6) is 0.166. The number of nitrogens with zero attached hydrogens (tertiary/aromatic N) is 4. The lowest BCUT2D eigenvalue weighted by atomic mass is 10.2. The van der Waals surface area contributed by atoms with Gasteiger partial charge in [-0.25, -0.2) is 0 Å². The third-order valence-corrected chi connectivity index (χ3v) is 1.60. The molecule has 0 aliphatic rings. The fourth-order valence-corrected chi connectivity index (χ4v) is 1.04. The van der Waals surface area contributed by atoms with Crippen LogP contribution in [0.1, 0.15) is 6.92 Å². The van der Waals surface area contributed by atoms with Crippen molar-refractivity contribution in [3.05, 3.63) is 38.8 Å². The zero-order chi connectivity index (χ0) is 11.3. The van der Waals surface area contributed by atoms with Crippen LogP contribution < -0.4 is 4.74 Å². The van der Waals surface area contributed by atoms with Crippen LogP contribution in [0.25, 0.3) is 10.4 Å². The van der Waals surface area contributed by atoms with Gasteiger partial charge in [-0.3, -0.25) is 10.1 Å². The van der Waals surface area contributed by atoms with Gasteiger partial charge in [0.25, 0.3) is 0 Å². The van der Waals surface area contributed by atoms with Gasteiger partial charge in [0, 0.05) is 16.7 Å². The molecule has 1 rings (SSSR count). The second kappa shape index (κ2) is 4.83. The summed E-state index contributed by atoms with van der Waals surface area (Å²) in [6.45, 7) is 2.06. The molecular weight excluding hydrogens is 200 g/mol. The van der Waals surface area contributed by atoms with E-state index in [0.717, 1.165) is 0 Å². The molecule has 0 bridgehead atoms. The van der Waals surface area contributed by atoms with Gasteiger partial charge in [0.2, 0.25) is 0 Å². The minimum Gasteiger partial charge on any atom is -0.487 e.